The van der Waals surface area contributed by atoms with Crippen molar-refractivity contribution >= 4 is 27.5 Å². The number of thiophene rings is 1. The first kappa shape index (κ1) is 20.3. The van der Waals surface area contributed by atoms with Crippen molar-refractivity contribution < 1.29 is 9.90 Å². The van der Waals surface area contributed by atoms with Crippen molar-refractivity contribution in [1.29, 1.82) is 0 Å². The lowest BCUT2D eigenvalue weighted by Gasteiger charge is -2.12. The molecule has 5 nitrogen and oxygen atoms in total. The molecule has 0 amide bonds. The Labute approximate surface area is 168 Å². The molecule has 0 atom stereocenters. The van der Waals surface area contributed by atoms with Crippen LogP contribution in [-0.4, -0.2) is 20.6 Å². The molecule has 1 aromatic carbocycles. The van der Waals surface area contributed by atoms with Gasteiger partial charge in [-0.05, 0) is 29.9 Å². The number of carboxylic acid groups (broad SMARTS) is 1. The predicted molar refractivity (Wildman–Crippen MR) is 114 cm³/mol. The molecule has 1 N–H and O–H groups in total. The van der Waals surface area contributed by atoms with Gasteiger partial charge in [0, 0.05) is 30.3 Å². The predicted octanol–water partition coefficient (Wildman–Crippen LogP) is 5.07. The number of fused-ring (bicyclic) bond motifs is 1. The maximum absolute atomic E-state index is 13.3. The lowest BCUT2D eigenvalue weighted by molar-refractivity contribution is -0.137. The molecule has 6 heteroatoms. The second kappa shape index (κ2) is 8.69. The number of aryl methyl sites for hydroxylation is 1. The summed E-state index contributed by atoms with van der Waals surface area (Å²) in [6.45, 7) is 6.74. The third-order valence-electron chi connectivity index (χ3n) is 4.91. The number of nitrogens with zero attached hydrogens (tertiary/aromatic N) is 2. The summed E-state index contributed by atoms with van der Waals surface area (Å²) in [6, 6.07) is 8.33. The molecule has 3 aromatic rings. The maximum atomic E-state index is 13.3. The Balaban J connectivity index is 2.08. The van der Waals surface area contributed by atoms with Crippen molar-refractivity contribution in [2.45, 2.75) is 58.9 Å². The number of carbonyl (C=O) groups is 1. The van der Waals surface area contributed by atoms with Gasteiger partial charge in [-0.25, -0.2) is 4.98 Å². The van der Waals surface area contributed by atoms with E-state index in [1.807, 2.05) is 12.3 Å². The SMILES string of the molecule is CCCc1nc2scc(-c3ccc(C(C)C)cc3)c2c(=O)n1CCCC(=O)O. The van der Waals surface area contributed by atoms with E-state index in [0.717, 1.165) is 28.2 Å². The maximum Gasteiger partial charge on any atom is 0.303 e. The van der Waals surface area contributed by atoms with Gasteiger partial charge in [0.1, 0.15) is 10.7 Å². The topological polar surface area (TPSA) is 72.2 Å². The van der Waals surface area contributed by atoms with E-state index in [1.165, 1.54) is 16.9 Å². The van der Waals surface area contributed by atoms with Gasteiger partial charge in [0.05, 0.1) is 5.39 Å². The minimum absolute atomic E-state index is 0.0448. The van der Waals surface area contributed by atoms with Crippen molar-refractivity contribution in [3.05, 3.63) is 51.4 Å². The molecule has 2 aromatic heterocycles. The van der Waals surface area contributed by atoms with Crippen molar-refractivity contribution in [2.75, 3.05) is 0 Å². The third-order valence-corrected chi connectivity index (χ3v) is 5.78. The van der Waals surface area contributed by atoms with E-state index >= 15 is 0 Å². The molecule has 0 aliphatic heterocycles. The monoisotopic (exact) mass is 398 g/mol. The normalized spacial score (nSPS) is 11.4. The standard InChI is InChI=1S/C22H26N2O3S/c1-4-6-18-23-21-20(22(27)24(18)12-5-7-19(25)26)17(13-28-21)16-10-8-15(9-11-16)14(2)3/h8-11,13-14H,4-7,12H2,1-3H3,(H,25,26). The number of hydrogen-bond acceptors (Lipinski definition) is 4. The fourth-order valence-corrected chi connectivity index (χ4v) is 4.32. The van der Waals surface area contributed by atoms with Crippen LogP contribution in [0.15, 0.2) is 34.4 Å². The smallest absolute Gasteiger partial charge is 0.303 e. The number of carboxylic acids is 1. The molecule has 28 heavy (non-hydrogen) atoms. The minimum atomic E-state index is -0.847. The van der Waals surface area contributed by atoms with E-state index < -0.39 is 5.97 Å². The average Bonchev–Trinajstić information content (AvgIpc) is 3.08. The second-order valence-electron chi connectivity index (χ2n) is 7.34. The van der Waals surface area contributed by atoms with Crippen molar-refractivity contribution in [3.8, 4) is 11.1 Å². The Bertz CT molecular complexity index is 1030. The van der Waals surface area contributed by atoms with Gasteiger partial charge < -0.3 is 5.11 Å². The molecule has 148 valence electrons. The summed E-state index contributed by atoms with van der Waals surface area (Å²) >= 11 is 1.49. The molecule has 0 unspecified atom stereocenters. The molecule has 0 saturated heterocycles. The zero-order valence-electron chi connectivity index (χ0n) is 16.6. The van der Waals surface area contributed by atoms with Crippen LogP contribution in [0.25, 0.3) is 21.3 Å². The molecule has 0 spiro atoms. The van der Waals surface area contributed by atoms with Crippen LogP contribution in [0.4, 0.5) is 0 Å². The number of hydrogen-bond donors (Lipinski definition) is 1. The van der Waals surface area contributed by atoms with Crippen molar-refractivity contribution in [1.82, 2.24) is 9.55 Å². The lowest BCUT2D eigenvalue weighted by atomic mass is 9.99. The summed E-state index contributed by atoms with van der Waals surface area (Å²) < 4.78 is 1.67. The summed E-state index contributed by atoms with van der Waals surface area (Å²) in [5.74, 6) is 0.354. The molecule has 3 rings (SSSR count). The van der Waals surface area contributed by atoms with Gasteiger partial charge in [-0.1, -0.05) is 45.0 Å². The van der Waals surface area contributed by atoms with E-state index in [1.54, 1.807) is 4.57 Å². The van der Waals surface area contributed by atoms with Crippen molar-refractivity contribution in [2.24, 2.45) is 0 Å². The quantitative estimate of drug-likeness (QED) is 0.575. The summed E-state index contributed by atoms with van der Waals surface area (Å²) in [5.41, 5.74) is 3.11. The molecule has 0 saturated carbocycles. The largest absolute Gasteiger partial charge is 0.481 e. The van der Waals surface area contributed by atoms with Crippen LogP contribution in [0.5, 0.6) is 0 Å². The number of aliphatic carboxylic acids is 1. The van der Waals surface area contributed by atoms with E-state index in [0.29, 0.717) is 30.7 Å². The van der Waals surface area contributed by atoms with Crippen LogP contribution in [0.1, 0.15) is 57.3 Å². The molecule has 0 aliphatic carbocycles. The molecular weight excluding hydrogens is 372 g/mol. The van der Waals surface area contributed by atoms with Crippen LogP contribution in [0, 0.1) is 0 Å². The highest BCUT2D eigenvalue weighted by Crippen LogP contribution is 2.32. The summed E-state index contributed by atoms with van der Waals surface area (Å²) in [7, 11) is 0. The first-order chi connectivity index (χ1) is 13.4. The molecular formula is C22H26N2O3S. The average molecular weight is 399 g/mol. The molecule has 0 bridgehead atoms. The zero-order chi connectivity index (χ0) is 20.3. The lowest BCUT2D eigenvalue weighted by Crippen LogP contribution is -2.25. The van der Waals surface area contributed by atoms with Gasteiger partial charge >= 0.3 is 5.97 Å². The molecule has 0 aliphatic rings. The highest BCUT2D eigenvalue weighted by molar-refractivity contribution is 7.17. The molecule has 0 radical (unpaired) electrons. The molecule has 0 fully saturated rings. The summed E-state index contributed by atoms with van der Waals surface area (Å²) in [6.07, 6.45) is 2.05. The Morgan fingerprint density at radius 3 is 2.57 bits per heavy atom. The van der Waals surface area contributed by atoms with Crippen molar-refractivity contribution in [3.63, 3.8) is 0 Å². The van der Waals surface area contributed by atoms with Crippen LogP contribution >= 0.6 is 11.3 Å². The minimum Gasteiger partial charge on any atom is -0.481 e. The Kier molecular flexibility index (Phi) is 6.29. The second-order valence-corrected chi connectivity index (χ2v) is 8.20. The number of benzene rings is 1. The number of aromatic nitrogens is 2. The van der Waals surface area contributed by atoms with E-state index in [-0.39, 0.29) is 12.0 Å². The highest BCUT2D eigenvalue weighted by Gasteiger charge is 2.17. The van der Waals surface area contributed by atoms with E-state index in [4.69, 9.17) is 10.1 Å². The first-order valence-corrected chi connectivity index (χ1v) is 10.6. The van der Waals surface area contributed by atoms with Crippen LogP contribution in [-0.2, 0) is 17.8 Å². The molecule has 2 heterocycles. The fraction of sp³-hybridized carbons (Fsp3) is 0.409. The number of rotatable bonds is 8. The Hall–Kier alpha value is -2.47. The first-order valence-electron chi connectivity index (χ1n) is 9.75. The summed E-state index contributed by atoms with van der Waals surface area (Å²) in [5, 5.41) is 11.6. The van der Waals surface area contributed by atoms with Gasteiger partial charge in [-0.3, -0.25) is 14.2 Å². The highest BCUT2D eigenvalue weighted by atomic mass is 32.1. The zero-order valence-corrected chi connectivity index (χ0v) is 17.4. The Morgan fingerprint density at radius 2 is 1.96 bits per heavy atom. The van der Waals surface area contributed by atoms with Gasteiger partial charge in [-0.2, -0.15) is 0 Å². The van der Waals surface area contributed by atoms with E-state index in [9.17, 15) is 9.59 Å². The van der Waals surface area contributed by atoms with Gasteiger partial charge in [0.2, 0.25) is 0 Å². The van der Waals surface area contributed by atoms with Gasteiger partial charge in [0.25, 0.3) is 5.56 Å². The van der Waals surface area contributed by atoms with Crippen LogP contribution < -0.4 is 5.56 Å². The third kappa shape index (κ3) is 4.17. The van der Waals surface area contributed by atoms with Crippen LogP contribution in [0.3, 0.4) is 0 Å². The van der Waals surface area contributed by atoms with Gasteiger partial charge in [0.15, 0.2) is 0 Å². The summed E-state index contributed by atoms with van der Waals surface area (Å²) in [4.78, 5) is 29.7. The Morgan fingerprint density at radius 1 is 1.25 bits per heavy atom. The van der Waals surface area contributed by atoms with Crippen LogP contribution in [0.2, 0.25) is 0 Å². The fourth-order valence-electron chi connectivity index (χ4n) is 3.36. The van der Waals surface area contributed by atoms with Gasteiger partial charge in [-0.15, -0.1) is 11.3 Å². The van der Waals surface area contributed by atoms with E-state index in [2.05, 4.69) is 38.1 Å².